The maximum atomic E-state index is 12.0. The molecule has 2 aliphatic rings. The van der Waals surface area contributed by atoms with Crippen molar-refractivity contribution in [1.29, 1.82) is 0 Å². The van der Waals surface area contributed by atoms with Crippen molar-refractivity contribution in [3.05, 3.63) is 0 Å². The molecule has 0 aromatic carbocycles. The summed E-state index contributed by atoms with van der Waals surface area (Å²) in [6, 6.07) is 0. The van der Waals surface area contributed by atoms with Gasteiger partial charge in [-0.25, -0.2) is 0 Å². The number of carbonyl (C=O) groups is 4. The molecule has 0 saturated heterocycles. The Balaban J connectivity index is 0. The molecule has 2 fully saturated rings. The van der Waals surface area contributed by atoms with Gasteiger partial charge in [-0.1, -0.05) is 103 Å². The molecule has 2 aliphatic carbocycles. The number of ether oxygens (including phenoxy) is 2. The van der Waals surface area contributed by atoms with Crippen LogP contribution in [-0.2, 0) is 23.9 Å². The highest BCUT2D eigenvalue weighted by molar-refractivity contribution is 5.85. The second kappa shape index (κ2) is 43.0. The number of nitrogens with one attached hydrogen (secondary N) is 1. The Labute approximate surface area is 341 Å². The van der Waals surface area contributed by atoms with Crippen LogP contribution in [-0.4, -0.2) is 60.9 Å². The minimum atomic E-state index is -1.24. The van der Waals surface area contributed by atoms with Gasteiger partial charge in [-0.2, -0.15) is 0 Å². The number of halogens is 1. The van der Waals surface area contributed by atoms with E-state index in [2.05, 4.69) is 11.1 Å². The number of hydrogen-bond donors (Lipinski definition) is 4. The van der Waals surface area contributed by atoms with Gasteiger partial charge in [0.05, 0.1) is 6.54 Å². The number of nitrogens with two attached hydrogens (primary N) is 1. The molecule has 11 nitrogen and oxygen atoms in total. The highest BCUT2D eigenvalue weighted by Gasteiger charge is 2.16. The normalized spacial score (nSPS) is 16.9. The van der Waals surface area contributed by atoms with Gasteiger partial charge < -0.3 is 41.3 Å². The van der Waals surface area contributed by atoms with Crippen LogP contribution in [0.3, 0.4) is 0 Å². The van der Waals surface area contributed by atoms with Crippen LogP contribution in [0.15, 0.2) is 0 Å². The summed E-state index contributed by atoms with van der Waals surface area (Å²) in [7, 11) is 0. The Hall–Kier alpha value is -2.11. The van der Waals surface area contributed by atoms with E-state index in [1.165, 1.54) is 103 Å². The lowest BCUT2D eigenvalue weighted by molar-refractivity contribution is -0.368. The van der Waals surface area contributed by atoms with E-state index in [1.54, 1.807) is 0 Å². The lowest BCUT2D eigenvalue weighted by Gasteiger charge is -2.19. The predicted octanol–water partition coefficient (Wildman–Crippen LogP) is 8.71. The first-order chi connectivity index (χ1) is 26.3. The molecule has 0 bridgehead atoms. The molecular formula is C43H84ClN3O8. The number of quaternary nitrogens is 1. The van der Waals surface area contributed by atoms with Crippen LogP contribution in [0.5, 0.6) is 0 Å². The van der Waals surface area contributed by atoms with Crippen LogP contribution >= 0.6 is 12.4 Å². The third-order valence-electron chi connectivity index (χ3n) is 10.3. The second-order valence-corrected chi connectivity index (χ2v) is 15.4. The number of aliphatic carboxylic acids is 1. The summed E-state index contributed by atoms with van der Waals surface area (Å²) < 4.78 is 11.4. The topological polar surface area (TPSA) is 196 Å². The third kappa shape index (κ3) is 42.9. The average molecular weight is 807 g/mol. The Bertz CT molecular complexity index is 874. The van der Waals surface area contributed by atoms with Gasteiger partial charge in [-0.15, -0.1) is 12.4 Å². The zero-order valence-corrected chi connectivity index (χ0v) is 35.6. The van der Waals surface area contributed by atoms with E-state index in [9.17, 15) is 24.3 Å². The first-order valence-corrected chi connectivity index (χ1v) is 22.3. The van der Waals surface area contributed by atoms with Gasteiger partial charge >= 0.3 is 17.9 Å². The van der Waals surface area contributed by atoms with E-state index < -0.39 is 12.1 Å². The molecule has 0 heterocycles. The molecule has 12 heteroatoms. The highest BCUT2D eigenvalue weighted by atomic mass is 35.5. The first-order valence-electron chi connectivity index (χ1n) is 22.3. The van der Waals surface area contributed by atoms with Crippen LogP contribution in [0.4, 0.5) is 4.79 Å². The van der Waals surface area contributed by atoms with Gasteiger partial charge in [-0.3, -0.25) is 14.4 Å². The number of esters is 2. The molecule has 0 radical (unpaired) electrons. The molecule has 0 aromatic heterocycles. The summed E-state index contributed by atoms with van der Waals surface area (Å²) in [5.74, 6) is -0.789. The summed E-state index contributed by atoms with van der Waals surface area (Å²) in [6.45, 7) is 2.03. The molecule has 2 rings (SSSR count). The van der Waals surface area contributed by atoms with Gasteiger partial charge in [-0.05, 0) is 103 Å². The summed E-state index contributed by atoms with van der Waals surface area (Å²) in [4.78, 5) is 44.0. The SMILES string of the molecule is Cl.NCCCCCC(=O)O.O=C([O-])NCCCCCC(=O)OC1CCCCCCCCCCC1.[NH3+]CCCCCC(=O)OC1CCCCCCCCCCC1. The smallest absolute Gasteiger partial charge is 0.306 e. The molecular weight excluding hydrogens is 722 g/mol. The van der Waals surface area contributed by atoms with Crippen LogP contribution in [0.1, 0.15) is 218 Å². The number of carboxylic acid groups (broad SMARTS) is 2. The summed E-state index contributed by atoms with van der Waals surface area (Å²) in [5.41, 5.74) is 9.03. The van der Waals surface area contributed by atoms with Crippen molar-refractivity contribution >= 4 is 36.4 Å². The Morgan fingerprint density at radius 2 is 0.891 bits per heavy atom. The Morgan fingerprint density at radius 1 is 0.545 bits per heavy atom. The number of carbonyl (C=O) groups excluding carboxylic acids is 3. The lowest BCUT2D eigenvalue weighted by atomic mass is 9.99. The van der Waals surface area contributed by atoms with Crippen molar-refractivity contribution in [2.75, 3.05) is 19.6 Å². The van der Waals surface area contributed by atoms with Crippen molar-refractivity contribution in [3.63, 3.8) is 0 Å². The van der Waals surface area contributed by atoms with Crippen LogP contribution < -0.4 is 21.9 Å². The van der Waals surface area contributed by atoms with Crippen LogP contribution in [0.2, 0.25) is 0 Å². The largest absolute Gasteiger partial charge is 0.530 e. The fraction of sp³-hybridized carbons (Fsp3) is 0.907. The average Bonchev–Trinajstić information content (AvgIpc) is 3.13. The predicted molar refractivity (Wildman–Crippen MR) is 222 cm³/mol. The number of amides is 1. The fourth-order valence-electron chi connectivity index (χ4n) is 6.96. The van der Waals surface area contributed by atoms with Crippen LogP contribution in [0, 0.1) is 0 Å². The number of carboxylic acids is 1. The van der Waals surface area contributed by atoms with Gasteiger partial charge in [0.25, 0.3) is 0 Å². The summed E-state index contributed by atoms with van der Waals surface area (Å²) in [5, 5.41) is 20.6. The fourth-order valence-corrected chi connectivity index (χ4v) is 6.96. The van der Waals surface area contributed by atoms with Crippen LogP contribution in [0.25, 0.3) is 0 Å². The maximum Gasteiger partial charge on any atom is 0.306 e. The minimum absolute atomic E-state index is 0. The molecule has 0 unspecified atom stereocenters. The van der Waals surface area contributed by atoms with Gasteiger partial charge in [0, 0.05) is 25.8 Å². The van der Waals surface area contributed by atoms with Gasteiger partial charge in [0.15, 0.2) is 0 Å². The zero-order valence-electron chi connectivity index (χ0n) is 34.8. The minimum Gasteiger partial charge on any atom is -0.530 e. The van der Waals surface area contributed by atoms with Crippen molar-refractivity contribution in [2.45, 2.75) is 231 Å². The molecule has 55 heavy (non-hydrogen) atoms. The highest BCUT2D eigenvalue weighted by Crippen LogP contribution is 2.21. The standard InChI is InChI=1S/C19H35NO4.C18H35NO2.C6H13NO2.ClH/c21-18(15-11-8-12-16-20-19(22)23)24-17-13-9-6-4-2-1-3-5-7-10-14-17;19-16-12-8-11-15-18(20)21-17-13-9-6-4-2-1-3-5-7-10-14-17;7-5-3-1-2-4-6(8)9;/h17,20H,1-16H2,(H,22,23);17H,1-16,19H2;1-5,7H2,(H,8,9);1H. The van der Waals surface area contributed by atoms with Gasteiger partial charge in [0.2, 0.25) is 0 Å². The quantitative estimate of drug-likeness (QED) is 0.0774. The molecule has 0 atom stereocenters. The van der Waals surface area contributed by atoms with E-state index in [1.807, 2.05) is 0 Å². The van der Waals surface area contributed by atoms with Gasteiger partial charge in [0.1, 0.15) is 18.3 Å². The lowest BCUT2D eigenvalue weighted by Crippen LogP contribution is -2.50. The Kier molecular flexibility index (Phi) is 43.0. The molecule has 326 valence electrons. The third-order valence-corrected chi connectivity index (χ3v) is 10.3. The van der Waals surface area contributed by atoms with Crippen molar-refractivity contribution in [1.82, 2.24) is 5.32 Å². The number of rotatable bonds is 18. The van der Waals surface area contributed by atoms with E-state index in [0.29, 0.717) is 25.9 Å². The molecule has 1 amide bonds. The molecule has 0 spiro atoms. The van der Waals surface area contributed by atoms with Crippen molar-refractivity contribution in [2.24, 2.45) is 5.73 Å². The molecule has 2 saturated carbocycles. The molecule has 7 N–H and O–H groups in total. The van der Waals surface area contributed by atoms with Crippen molar-refractivity contribution < 1.29 is 44.6 Å². The summed E-state index contributed by atoms with van der Waals surface area (Å²) >= 11 is 0. The van der Waals surface area contributed by atoms with Crippen molar-refractivity contribution in [3.8, 4) is 0 Å². The maximum absolute atomic E-state index is 12.0. The van der Waals surface area contributed by atoms with E-state index in [-0.39, 0.29) is 43.0 Å². The summed E-state index contributed by atoms with van der Waals surface area (Å²) in [6.07, 6.45) is 36.0. The van der Waals surface area contributed by atoms with E-state index >= 15 is 0 Å². The van der Waals surface area contributed by atoms with E-state index in [4.69, 9.17) is 20.3 Å². The zero-order chi connectivity index (χ0) is 39.7. The molecule has 0 aliphatic heterocycles. The molecule has 0 aromatic rings. The monoisotopic (exact) mass is 806 g/mol. The Morgan fingerprint density at radius 3 is 1.24 bits per heavy atom. The first kappa shape index (κ1) is 55.0. The van der Waals surface area contributed by atoms with E-state index in [0.717, 1.165) is 103 Å². The number of hydrogen-bond acceptors (Lipinski definition) is 8. The number of unbranched alkanes of at least 4 members (excludes halogenated alkanes) is 6. The second-order valence-electron chi connectivity index (χ2n) is 15.4.